The van der Waals surface area contributed by atoms with Crippen molar-refractivity contribution < 1.29 is 4.74 Å². The van der Waals surface area contributed by atoms with Crippen molar-refractivity contribution in [2.45, 2.75) is 6.54 Å². The van der Waals surface area contributed by atoms with E-state index in [1.165, 1.54) is 19.6 Å². The Balaban J connectivity index is 2.23. The first-order valence-corrected chi connectivity index (χ1v) is 5.60. The molecule has 0 bridgehead atoms. The molecule has 0 N–H and O–H groups in total. The molecule has 0 spiro atoms. The van der Waals surface area contributed by atoms with Gasteiger partial charge in [0.15, 0.2) is 5.82 Å². The fourth-order valence-corrected chi connectivity index (χ4v) is 1.69. The zero-order valence-electron chi connectivity index (χ0n) is 10.3. The summed E-state index contributed by atoms with van der Waals surface area (Å²) in [6.07, 6.45) is 3.02. The molecular formula is C10H13ClN6O. The van der Waals surface area contributed by atoms with Gasteiger partial charge in [0.05, 0.1) is 19.9 Å². The fourth-order valence-electron chi connectivity index (χ4n) is 1.46. The van der Waals surface area contributed by atoms with Gasteiger partial charge in [-0.2, -0.15) is 10.1 Å². The summed E-state index contributed by atoms with van der Waals surface area (Å²) in [6, 6.07) is 0.277. The average Bonchev–Trinajstić information content (AvgIpc) is 2.75. The zero-order chi connectivity index (χ0) is 13.1. The number of rotatable bonds is 4. The van der Waals surface area contributed by atoms with Crippen LogP contribution >= 0.6 is 11.6 Å². The number of anilines is 1. The highest BCUT2D eigenvalue weighted by atomic mass is 35.5. The summed E-state index contributed by atoms with van der Waals surface area (Å²) in [4.78, 5) is 14.1. The van der Waals surface area contributed by atoms with Gasteiger partial charge in [-0.25, -0.2) is 9.97 Å². The average molecular weight is 269 g/mol. The topological polar surface area (TPSA) is 69.0 Å². The van der Waals surface area contributed by atoms with Gasteiger partial charge in [0.1, 0.15) is 17.2 Å². The van der Waals surface area contributed by atoms with E-state index in [0.29, 0.717) is 17.4 Å². The molecule has 2 rings (SSSR count). The Hall–Kier alpha value is -1.89. The monoisotopic (exact) mass is 268 g/mol. The van der Waals surface area contributed by atoms with Crippen LogP contribution in [0.3, 0.4) is 0 Å². The number of hydrogen-bond donors (Lipinski definition) is 0. The molecule has 0 atom stereocenters. The largest absolute Gasteiger partial charge is 0.467 e. The lowest BCUT2D eigenvalue weighted by Gasteiger charge is -2.18. The molecule has 8 heteroatoms. The summed E-state index contributed by atoms with van der Waals surface area (Å²) in [6.45, 7) is 0.538. The number of ether oxygens (including phenoxy) is 1. The minimum absolute atomic E-state index is 0.277. The lowest BCUT2D eigenvalue weighted by Crippen LogP contribution is -2.21. The molecule has 0 aromatic carbocycles. The van der Waals surface area contributed by atoms with E-state index in [2.05, 4.69) is 20.1 Å². The van der Waals surface area contributed by atoms with E-state index >= 15 is 0 Å². The van der Waals surface area contributed by atoms with Gasteiger partial charge in [-0.1, -0.05) is 11.6 Å². The number of aromatic nitrogens is 5. The molecule has 2 heterocycles. The maximum atomic E-state index is 6.06. The quantitative estimate of drug-likeness (QED) is 0.821. The third kappa shape index (κ3) is 2.51. The Morgan fingerprint density at radius 1 is 1.44 bits per heavy atom. The van der Waals surface area contributed by atoms with Crippen LogP contribution in [0.1, 0.15) is 5.82 Å². The van der Waals surface area contributed by atoms with Gasteiger partial charge < -0.3 is 9.64 Å². The molecule has 2 aromatic heterocycles. The summed E-state index contributed by atoms with van der Waals surface area (Å²) in [7, 11) is 5.20. The number of methoxy groups -OCH3 is 1. The number of aryl methyl sites for hydroxylation is 1. The lowest BCUT2D eigenvalue weighted by atomic mass is 10.4. The van der Waals surface area contributed by atoms with Crippen LogP contribution in [0.5, 0.6) is 6.01 Å². The van der Waals surface area contributed by atoms with Crippen molar-refractivity contribution in [2.75, 3.05) is 19.1 Å². The molecule has 18 heavy (non-hydrogen) atoms. The summed E-state index contributed by atoms with van der Waals surface area (Å²) < 4.78 is 6.68. The Morgan fingerprint density at radius 3 is 2.83 bits per heavy atom. The first-order chi connectivity index (χ1) is 8.61. The molecule has 0 radical (unpaired) electrons. The predicted octanol–water partition coefficient (Wildman–Crippen LogP) is 0.903. The smallest absolute Gasteiger partial charge is 0.318 e. The first-order valence-electron chi connectivity index (χ1n) is 5.22. The third-order valence-corrected chi connectivity index (χ3v) is 2.70. The van der Waals surface area contributed by atoms with Crippen molar-refractivity contribution in [3.8, 4) is 6.01 Å². The molecule has 0 fully saturated rings. The van der Waals surface area contributed by atoms with Crippen molar-refractivity contribution >= 4 is 17.4 Å². The number of hydrogen-bond acceptors (Lipinski definition) is 6. The molecule has 0 saturated heterocycles. The van der Waals surface area contributed by atoms with Gasteiger partial charge in [0.2, 0.25) is 0 Å². The second-order valence-electron chi connectivity index (χ2n) is 3.68. The van der Waals surface area contributed by atoms with Crippen LogP contribution < -0.4 is 9.64 Å². The van der Waals surface area contributed by atoms with Gasteiger partial charge in [-0.05, 0) is 0 Å². The maximum absolute atomic E-state index is 6.06. The van der Waals surface area contributed by atoms with Crippen molar-refractivity contribution in [3.63, 3.8) is 0 Å². The van der Waals surface area contributed by atoms with E-state index in [4.69, 9.17) is 16.3 Å². The molecule has 0 aliphatic heterocycles. The van der Waals surface area contributed by atoms with Crippen LogP contribution in [0.4, 0.5) is 5.82 Å². The van der Waals surface area contributed by atoms with Crippen molar-refractivity contribution in [2.24, 2.45) is 7.05 Å². The van der Waals surface area contributed by atoms with Crippen molar-refractivity contribution in [3.05, 3.63) is 23.4 Å². The van der Waals surface area contributed by atoms with Crippen LogP contribution in [0.25, 0.3) is 0 Å². The minimum Gasteiger partial charge on any atom is -0.467 e. The normalized spacial score (nSPS) is 10.4. The van der Waals surface area contributed by atoms with Crippen LogP contribution in [-0.2, 0) is 13.6 Å². The van der Waals surface area contributed by atoms with Gasteiger partial charge in [-0.3, -0.25) is 4.68 Å². The van der Waals surface area contributed by atoms with E-state index < -0.39 is 0 Å². The maximum Gasteiger partial charge on any atom is 0.318 e. The summed E-state index contributed by atoms with van der Waals surface area (Å²) in [5.74, 6) is 1.40. The van der Waals surface area contributed by atoms with Gasteiger partial charge >= 0.3 is 6.01 Å². The molecule has 0 aliphatic rings. The molecule has 0 amide bonds. The highest BCUT2D eigenvalue weighted by Gasteiger charge is 2.13. The Morgan fingerprint density at radius 2 is 2.22 bits per heavy atom. The Kier molecular flexibility index (Phi) is 3.61. The van der Waals surface area contributed by atoms with Crippen LogP contribution in [0.2, 0.25) is 5.02 Å². The Bertz CT molecular complexity index is 543. The standard InChI is InChI=1S/C10H13ClN6O/c1-16(5-8-13-6-14-17(8)2)9-7(11)4-12-10(15-9)18-3/h4,6H,5H2,1-3H3. The van der Waals surface area contributed by atoms with Gasteiger partial charge in [0.25, 0.3) is 0 Å². The highest BCUT2D eigenvalue weighted by Crippen LogP contribution is 2.24. The predicted molar refractivity (Wildman–Crippen MR) is 66.7 cm³/mol. The molecule has 0 saturated carbocycles. The molecule has 0 unspecified atom stereocenters. The summed E-state index contributed by atoms with van der Waals surface area (Å²) in [5.41, 5.74) is 0. The van der Waals surface area contributed by atoms with Gasteiger partial charge in [-0.15, -0.1) is 0 Å². The first kappa shape index (κ1) is 12.6. The van der Waals surface area contributed by atoms with Gasteiger partial charge in [0, 0.05) is 14.1 Å². The number of halogens is 1. The van der Waals surface area contributed by atoms with Crippen LogP contribution in [0, 0.1) is 0 Å². The van der Waals surface area contributed by atoms with E-state index in [-0.39, 0.29) is 6.01 Å². The molecule has 96 valence electrons. The fraction of sp³-hybridized carbons (Fsp3) is 0.400. The molecule has 2 aromatic rings. The Labute approximate surface area is 109 Å². The van der Waals surface area contributed by atoms with Crippen molar-refractivity contribution in [1.82, 2.24) is 24.7 Å². The molecular weight excluding hydrogens is 256 g/mol. The van der Waals surface area contributed by atoms with Crippen molar-refractivity contribution in [1.29, 1.82) is 0 Å². The SMILES string of the molecule is COc1ncc(Cl)c(N(C)Cc2ncnn2C)n1. The minimum atomic E-state index is 0.277. The zero-order valence-corrected chi connectivity index (χ0v) is 11.1. The van der Waals surface area contributed by atoms with E-state index in [0.717, 1.165) is 5.82 Å². The highest BCUT2D eigenvalue weighted by molar-refractivity contribution is 6.32. The second kappa shape index (κ2) is 5.18. The summed E-state index contributed by atoms with van der Waals surface area (Å²) in [5, 5.41) is 4.47. The summed E-state index contributed by atoms with van der Waals surface area (Å²) >= 11 is 6.06. The molecule has 0 aliphatic carbocycles. The van der Waals surface area contributed by atoms with E-state index in [1.54, 1.807) is 4.68 Å². The lowest BCUT2D eigenvalue weighted by molar-refractivity contribution is 0.380. The van der Waals surface area contributed by atoms with E-state index in [1.807, 2.05) is 19.0 Å². The van der Waals surface area contributed by atoms with E-state index in [9.17, 15) is 0 Å². The number of nitrogens with zero attached hydrogens (tertiary/aromatic N) is 6. The van der Waals surface area contributed by atoms with Crippen LogP contribution in [-0.4, -0.2) is 38.9 Å². The second-order valence-corrected chi connectivity index (χ2v) is 4.09. The molecule has 7 nitrogen and oxygen atoms in total. The third-order valence-electron chi connectivity index (χ3n) is 2.43. The van der Waals surface area contributed by atoms with Crippen LogP contribution in [0.15, 0.2) is 12.5 Å².